The van der Waals surface area contributed by atoms with E-state index in [2.05, 4.69) is 45.2 Å². The third-order valence-corrected chi connectivity index (χ3v) is 5.40. The zero-order valence-electron chi connectivity index (χ0n) is 11.5. The fraction of sp³-hybridized carbons (Fsp3) is 1.00. The molecule has 0 aromatic carbocycles. The van der Waals surface area contributed by atoms with Crippen molar-refractivity contribution in [3.63, 3.8) is 0 Å². The molecule has 0 radical (unpaired) electrons. The molecule has 0 N–H and O–H groups in total. The summed E-state index contributed by atoms with van der Waals surface area (Å²) in [6.45, 7) is 10.7. The van der Waals surface area contributed by atoms with Crippen molar-refractivity contribution in [3.05, 3.63) is 0 Å². The molecule has 0 spiro atoms. The molecule has 1 heterocycles. The number of hydrogen-bond donors (Lipinski definition) is 1. The lowest BCUT2D eigenvalue weighted by Crippen LogP contribution is -2.49. The first-order valence-electron chi connectivity index (χ1n) is 6.95. The Balaban J connectivity index is 2.68. The third-order valence-electron chi connectivity index (χ3n) is 4.73. The van der Waals surface area contributed by atoms with Crippen LogP contribution >= 0.6 is 12.6 Å². The molecule has 2 atom stereocenters. The first kappa shape index (κ1) is 14.4. The van der Waals surface area contributed by atoms with E-state index in [9.17, 15) is 0 Å². The van der Waals surface area contributed by atoms with Gasteiger partial charge in [-0.3, -0.25) is 4.90 Å². The molecule has 16 heavy (non-hydrogen) atoms. The molecule has 1 nitrogen and oxygen atoms in total. The van der Waals surface area contributed by atoms with Crippen molar-refractivity contribution >= 4 is 12.6 Å². The van der Waals surface area contributed by atoms with Gasteiger partial charge in [0.05, 0.1) is 0 Å². The number of hydrogen-bond acceptors (Lipinski definition) is 2. The normalized spacial score (nSPS) is 28.3. The van der Waals surface area contributed by atoms with Crippen LogP contribution < -0.4 is 0 Å². The molecule has 2 heteroatoms. The molecule has 1 aliphatic rings. The van der Waals surface area contributed by atoms with Gasteiger partial charge in [-0.1, -0.05) is 20.3 Å². The standard InChI is InChI=1S/C14H29NS/c1-5-14(6-2,11-16)10-15-12(3)8-7-9-13(15)4/h12-13,16H,5-11H2,1-4H3/t12-,13+. The molecule has 96 valence electrons. The Bertz CT molecular complexity index is 183. The summed E-state index contributed by atoms with van der Waals surface area (Å²) in [4.78, 5) is 2.73. The second kappa shape index (κ2) is 6.30. The number of thiol groups is 1. The molecule has 0 aromatic rings. The van der Waals surface area contributed by atoms with E-state index < -0.39 is 0 Å². The van der Waals surface area contributed by atoms with E-state index >= 15 is 0 Å². The molecule has 0 aliphatic carbocycles. The number of rotatable bonds is 5. The molecule has 0 bridgehead atoms. The zero-order valence-corrected chi connectivity index (χ0v) is 12.4. The van der Waals surface area contributed by atoms with Crippen LogP contribution in [0.4, 0.5) is 0 Å². The van der Waals surface area contributed by atoms with Gasteiger partial charge < -0.3 is 0 Å². The van der Waals surface area contributed by atoms with Gasteiger partial charge in [-0.25, -0.2) is 0 Å². The van der Waals surface area contributed by atoms with Gasteiger partial charge in [0.15, 0.2) is 0 Å². The van der Waals surface area contributed by atoms with E-state index in [1.165, 1.54) is 38.6 Å². The van der Waals surface area contributed by atoms with Crippen molar-refractivity contribution in [3.8, 4) is 0 Å². The Morgan fingerprint density at radius 3 is 2.00 bits per heavy atom. The third kappa shape index (κ3) is 3.16. The number of likely N-dealkylation sites (tertiary alicyclic amines) is 1. The maximum atomic E-state index is 4.59. The Morgan fingerprint density at radius 1 is 1.12 bits per heavy atom. The van der Waals surface area contributed by atoms with Gasteiger partial charge in [0.25, 0.3) is 0 Å². The van der Waals surface area contributed by atoms with E-state index in [0.29, 0.717) is 5.41 Å². The molecule has 1 fully saturated rings. The monoisotopic (exact) mass is 243 g/mol. The van der Waals surface area contributed by atoms with E-state index in [1.54, 1.807) is 0 Å². The molecule has 1 saturated heterocycles. The van der Waals surface area contributed by atoms with Crippen LogP contribution in [0, 0.1) is 5.41 Å². The second-order valence-corrected chi connectivity index (χ2v) is 5.98. The fourth-order valence-corrected chi connectivity index (χ4v) is 3.47. The SMILES string of the molecule is CCC(CC)(CS)CN1[C@H](C)CCC[C@@H]1C. The summed E-state index contributed by atoms with van der Waals surface area (Å²) in [5, 5.41) is 0. The lowest BCUT2D eigenvalue weighted by molar-refractivity contribution is 0.0527. The predicted octanol–water partition coefficient (Wildman–Crippen LogP) is 3.99. The van der Waals surface area contributed by atoms with Gasteiger partial charge in [-0.2, -0.15) is 12.6 Å². The highest BCUT2D eigenvalue weighted by molar-refractivity contribution is 7.80. The van der Waals surface area contributed by atoms with Gasteiger partial charge >= 0.3 is 0 Å². The Hall–Kier alpha value is 0.310. The minimum Gasteiger partial charge on any atom is -0.297 e. The van der Waals surface area contributed by atoms with Crippen LogP contribution in [0.25, 0.3) is 0 Å². The molecule has 0 amide bonds. The summed E-state index contributed by atoms with van der Waals surface area (Å²) in [6.07, 6.45) is 6.66. The van der Waals surface area contributed by atoms with Crippen LogP contribution in [0.2, 0.25) is 0 Å². The summed E-state index contributed by atoms with van der Waals surface area (Å²) in [6, 6.07) is 1.53. The van der Waals surface area contributed by atoms with Crippen molar-refractivity contribution in [2.75, 3.05) is 12.3 Å². The maximum Gasteiger partial charge on any atom is 0.00699 e. The number of nitrogens with zero attached hydrogens (tertiary/aromatic N) is 1. The highest BCUT2D eigenvalue weighted by Crippen LogP contribution is 2.33. The molecule has 0 saturated carbocycles. The van der Waals surface area contributed by atoms with Crippen molar-refractivity contribution in [1.82, 2.24) is 4.90 Å². The lowest BCUT2D eigenvalue weighted by atomic mass is 9.82. The summed E-state index contributed by atoms with van der Waals surface area (Å²) in [5.74, 6) is 1.02. The van der Waals surface area contributed by atoms with Gasteiger partial charge in [0, 0.05) is 18.6 Å². The molecule has 0 aromatic heterocycles. The Kier molecular flexibility index (Phi) is 5.66. The quantitative estimate of drug-likeness (QED) is 0.715. The van der Waals surface area contributed by atoms with Crippen LogP contribution in [0.5, 0.6) is 0 Å². The average Bonchev–Trinajstić information content (AvgIpc) is 2.30. The van der Waals surface area contributed by atoms with Crippen molar-refractivity contribution < 1.29 is 0 Å². The molecular formula is C14H29NS. The van der Waals surface area contributed by atoms with E-state index in [1.807, 2.05) is 0 Å². The predicted molar refractivity (Wildman–Crippen MR) is 76.3 cm³/mol. The summed E-state index contributed by atoms with van der Waals surface area (Å²) in [5.41, 5.74) is 0.434. The van der Waals surface area contributed by atoms with Crippen molar-refractivity contribution in [2.45, 2.75) is 71.9 Å². The van der Waals surface area contributed by atoms with Gasteiger partial charge in [-0.05, 0) is 50.7 Å². The molecule has 0 unspecified atom stereocenters. The molecule has 1 aliphatic heterocycles. The zero-order chi connectivity index (χ0) is 12.2. The van der Waals surface area contributed by atoms with Gasteiger partial charge in [0.2, 0.25) is 0 Å². The lowest BCUT2D eigenvalue weighted by Gasteiger charge is -2.45. The largest absolute Gasteiger partial charge is 0.297 e. The van der Waals surface area contributed by atoms with Crippen LogP contribution in [0.15, 0.2) is 0 Å². The summed E-state index contributed by atoms with van der Waals surface area (Å²) < 4.78 is 0. The number of piperidine rings is 1. The van der Waals surface area contributed by atoms with E-state index in [4.69, 9.17) is 0 Å². The topological polar surface area (TPSA) is 3.24 Å². The van der Waals surface area contributed by atoms with Crippen LogP contribution in [0.3, 0.4) is 0 Å². The smallest absolute Gasteiger partial charge is 0.00699 e. The van der Waals surface area contributed by atoms with Crippen LogP contribution in [0.1, 0.15) is 59.8 Å². The Morgan fingerprint density at radius 2 is 1.62 bits per heavy atom. The van der Waals surface area contributed by atoms with Crippen LogP contribution in [-0.2, 0) is 0 Å². The minimum absolute atomic E-state index is 0.434. The maximum absolute atomic E-state index is 4.59. The summed E-state index contributed by atoms with van der Waals surface area (Å²) in [7, 11) is 0. The van der Waals surface area contributed by atoms with Crippen molar-refractivity contribution in [1.29, 1.82) is 0 Å². The highest BCUT2D eigenvalue weighted by atomic mass is 32.1. The second-order valence-electron chi connectivity index (χ2n) is 5.67. The van der Waals surface area contributed by atoms with E-state index in [0.717, 1.165) is 17.8 Å². The van der Waals surface area contributed by atoms with Gasteiger partial charge in [0.1, 0.15) is 0 Å². The van der Waals surface area contributed by atoms with Gasteiger partial charge in [-0.15, -0.1) is 0 Å². The Labute approximate surface area is 107 Å². The van der Waals surface area contributed by atoms with E-state index in [-0.39, 0.29) is 0 Å². The summed E-state index contributed by atoms with van der Waals surface area (Å²) >= 11 is 4.59. The van der Waals surface area contributed by atoms with Crippen LogP contribution in [-0.4, -0.2) is 29.3 Å². The fourth-order valence-electron chi connectivity index (χ4n) is 2.92. The first-order valence-corrected chi connectivity index (χ1v) is 7.58. The molecule has 1 rings (SSSR count). The molecular weight excluding hydrogens is 214 g/mol. The van der Waals surface area contributed by atoms with Crippen molar-refractivity contribution in [2.24, 2.45) is 5.41 Å². The minimum atomic E-state index is 0.434. The average molecular weight is 243 g/mol. The first-order chi connectivity index (χ1) is 7.58. The highest BCUT2D eigenvalue weighted by Gasteiger charge is 2.33.